The highest BCUT2D eigenvalue weighted by Crippen LogP contribution is 1.88. The second kappa shape index (κ2) is 3.68. The van der Waals surface area contributed by atoms with Crippen LogP contribution in [0.1, 0.15) is 0 Å². The van der Waals surface area contributed by atoms with Crippen molar-refractivity contribution in [2.75, 3.05) is 6.26 Å². The quantitative estimate of drug-likeness (QED) is 0.422. The molecule has 0 spiro atoms. The zero-order chi connectivity index (χ0) is 9.78. The molecule has 0 rings (SSSR count). The van der Waals surface area contributed by atoms with E-state index in [-0.39, 0.29) is 0 Å². The molecule has 7 nitrogen and oxygen atoms in total. The summed E-state index contributed by atoms with van der Waals surface area (Å²) in [5.74, 6) is -1.15. The molecule has 0 aliphatic rings. The van der Waals surface area contributed by atoms with Gasteiger partial charge >= 0.3 is 10.1 Å². The average Bonchev–Trinajstić information content (AvgIpc) is 1.85. The maximum absolute atomic E-state index is 10.3. The first-order valence-corrected chi connectivity index (χ1v) is 4.35. The number of oxime groups is 1. The third-order valence-electron chi connectivity index (χ3n) is 0.603. The number of hydrogen-bond acceptors (Lipinski definition) is 6. The summed E-state index contributed by atoms with van der Waals surface area (Å²) < 4.78 is 24.3. The molecule has 0 radical (unpaired) electrons. The summed E-state index contributed by atoms with van der Waals surface area (Å²) in [5, 5.41) is 10.8. The van der Waals surface area contributed by atoms with Gasteiger partial charge in [0.05, 0.1) is 6.26 Å². The number of carbonyl (C=O) groups excluding carboxylic acids is 1. The van der Waals surface area contributed by atoms with Crippen LogP contribution in [0.2, 0.25) is 0 Å². The van der Waals surface area contributed by atoms with E-state index in [1.807, 2.05) is 0 Å². The molecule has 0 atom stereocenters. The second-order valence-corrected chi connectivity index (χ2v) is 3.25. The second-order valence-electron chi connectivity index (χ2n) is 1.69. The molecule has 8 heteroatoms. The van der Waals surface area contributed by atoms with E-state index in [9.17, 15) is 13.2 Å². The molecule has 1 amide bonds. The predicted octanol–water partition coefficient (Wildman–Crippen LogP) is -1.67. The van der Waals surface area contributed by atoms with Gasteiger partial charge in [0.15, 0.2) is 0 Å². The van der Waals surface area contributed by atoms with Crippen LogP contribution in [0, 0.1) is 11.3 Å². The van der Waals surface area contributed by atoms with E-state index >= 15 is 0 Å². The van der Waals surface area contributed by atoms with Crippen molar-refractivity contribution in [1.82, 2.24) is 0 Å². The number of nitrogens with two attached hydrogens (primary N) is 1. The van der Waals surface area contributed by atoms with Gasteiger partial charge in [-0.15, -0.1) is 0 Å². The summed E-state index contributed by atoms with van der Waals surface area (Å²) in [5.41, 5.74) is 3.80. The minimum atomic E-state index is -3.81. The third-order valence-corrected chi connectivity index (χ3v) is 0.949. The number of hydrogen-bond donors (Lipinski definition) is 1. The van der Waals surface area contributed by atoms with Crippen molar-refractivity contribution in [2.24, 2.45) is 10.9 Å². The lowest BCUT2D eigenvalue weighted by Crippen LogP contribution is -2.22. The predicted molar refractivity (Wildman–Crippen MR) is 38.2 cm³/mol. The zero-order valence-electron chi connectivity index (χ0n) is 6.01. The fourth-order valence-electron chi connectivity index (χ4n) is 0.225. The van der Waals surface area contributed by atoms with E-state index in [1.54, 1.807) is 0 Å². The van der Waals surface area contributed by atoms with Crippen LogP contribution < -0.4 is 5.73 Å². The van der Waals surface area contributed by atoms with Crippen molar-refractivity contribution in [3.05, 3.63) is 0 Å². The van der Waals surface area contributed by atoms with Gasteiger partial charge in [-0.3, -0.25) is 9.08 Å². The lowest BCUT2D eigenvalue weighted by molar-refractivity contribution is -0.111. The highest BCUT2D eigenvalue weighted by Gasteiger charge is 2.08. The van der Waals surface area contributed by atoms with Gasteiger partial charge in [-0.1, -0.05) is 0 Å². The van der Waals surface area contributed by atoms with Gasteiger partial charge in [-0.2, -0.15) is 13.7 Å². The minimum absolute atomic E-state index is 0.715. The normalized spacial score (nSPS) is 11.8. The Morgan fingerprint density at radius 3 is 2.42 bits per heavy atom. The number of rotatable bonds is 3. The number of primary amides is 1. The highest BCUT2D eigenvalue weighted by molar-refractivity contribution is 7.85. The summed E-state index contributed by atoms with van der Waals surface area (Å²) in [6.45, 7) is 0. The molecule has 0 aliphatic carbocycles. The summed E-state index contributed by atoms with van der Waals surface area (Å²) in [6, 6.07) is 1.26. The number of nitriles is 1. The maximum Gasteiger partial charge on any atom is 0.325 e. The first-order valence-electron chi connectivity index (χ1n) is 2.53. The van der Waals surface area contributed by atoms with Crippen LogP contribution in [-0.2, 0) is 19.2 Å². The molecule has 0 fully saturated rings. The Morgan fingerprint density at radius 1 is 1.67 bits per heavy atom. The molecule has 66 valence electrons. The summed E-state index contributed by atoms with van der Waals surface area (Å²) in [4.78, 5) is 10.2. The SMILES string of the molecule is CS(=O)(=O)ON=C(C#N)C(N)=O. The van der Waals surface area contributed by atoms with Crippen molar-refractivity contribution in [3.8, 4) is 6.07 Å². The van der Waals surface area contributed by atoms with Crippen molar-refractivity contribution in [3.63, 3.8) is 0 Å². The third kappa shape index (κ3) is 4.24. The molecule has 12 heavy (non-hydrogen) atoms. The molecule has 0 bridgehead atoms. The monoisotopic (exact) mass is 191 g/mol. The van der Waals surface area contributed by atoms with Gasteiger partial charge in [-0.25, -0.2) is 0 Å². The molecule has 0 unspecified atom stereocenters. The Labute approximate surface area is 68.5 Å². The topological polar surface area (TPSA) is 123 Å². The van der Waals surface area contributed by atoms with Gasteiger partial charge in [0.1, 0.15) is 6.07 Å². The molecular weight excluding hydrogens is 186 g/mol. The van der Waals surface area contributed by atoms with Crippen LogP contribution in [0.5, 0.6) is 0 Å². The summed E-state index contributed by atoms with van der Waals surface area (Å²) in [7, 11) is -3.81. The van der Waals surface area contributed by atoms with Gasteiger partial charge in [-0.05, 0) is 5.16 Å². The zero-order valence-corrected chi connectivity index (χ0v) is 6.83. The standard InChI is InChI=1S/C4H5N3O4S/c1-12(9,10)11-7-3(2-5)4(6)8/h1H3,(H2,6,8). The largest absolute Gasteiger partial charge is 0.364 e. The summed E-state index contributed by atoms with van der Waals surface area (Å²) in [6.07, 6.45) is 0.715. The molecule has 0 aromatic rings. The number of nitrogens with zero attached hydrogens (tertiary/aromatic N) is 2. The van der Waals surface area contributed by atoms with Crippen LogP contribution in [0.15, 0.2) is 5.16 Å². The van der Waals surface area contributed by atoms with E-state index in [0.29, 0.717) is 6.26 Å². The van der Waals surface area contributed by atoms with E-state index in [2.05, 4.69) is 15.2 Å². The van der Waals surface area contributed by atoms with Crippen LogP contribution in [-0.4, -0.2) is 26.3 Å². The Morgan fingerprint density at radius 2 is 2.17 bits per heavy atom. The molecule has 0 saturated heterocycles. The van der Waals surface area contributed by atoms with Crippen LogP contribution in [0.3, 0.4) is 0 Å². The summed E-state index contributed by atoms with van der Waals surface area (Å²) >= 11 is 0. The maximum atomic E-state index is 10.3. The fourth-order valence-corrected chi connectivity index (χ4v) is 0.435. The molecular formula is C4H5N3O4S. The van der Waals surface area contributed by atoms with Gasteiger partial charge in [0.2, 0.25) is 5.71 Å². The van der Waals surface area contributed by atoms with Crippen LogP contribution in [0.4, 0.5) is 0 Å². The van der Waals surface area contributed by atoms with Gasteiger partial charge in [0, 0.05) is 0 Å². The molecule has 0 aliphatic heterocycles. The van der Waals surface area contributed by atoms with Crippen LogP contribution >= 0.6 is 0 Å². The first-order chi connectivity index (χ1) is 5.37. The first kappa shape index (κ1) is 10.4. The van der Waals surface area contributed by atoms with E-state index in [1.165, 1.54) is 6.07 Å². The highest BCUT2D eigenvalue weighted by atomic mass is 32.2. The van der Waals surface area contributed by atoms with Gasteiger partial charge < -0.3 is 5.73 Å². The van der Waals surface area contributed by atoms with Crippen molar-refractivity contribution in [2.45, 2.75) is 0 Å². The average molecular weight is 191 g/mol. The van der Waals surface area contributed by atoms with Gasteiger partial charge in [0.25, 0.3) is 5.91 Å². The Hall–Kier alpha value is -1.62. The smallest absolute Gasteiger partial charge is 0.325 e. The van der Waals surface area contributed by atoms with Crippen LogP contribution in [0.25, 0.3) is 0 Å². The van der Waals surface area contributed by atoms with E-state index in [4.69, 9.17) is 5.26 Å². The number of amides is 1. The Balaban J connectivity index is 4.58. The minimum Gasteiger partial charge on any atom is -0.364 e. The Kier molecular flexibility index (Phi) is 3.18. The molecule has 0 saturated carbocycles. The molecule has 0 aromatic heterocycles. The van der Waals surface area contributed by atoms with E-state index in [0.717, 1.165) is 0 Å². The Bertz CT molecular complexity index is 349. The van der Waals surface area contributed by atoms with Crippen molar-refractivity contribution >= 4 is 21.7 Å². The molecule has 0 aromatic carbocycles. The fraction of sp³-hybridized carbons (Fsp3) is 0.250. The molecule has 0 heterocycles. The molecule has 2 N–H and O–H groups in total. The van der Waals surface area contributed by atoms with Crippen molar-refractivity contribution < 1.29 is 17.5 Å². The van der Waals surface area contributed by atoms with E-state index < -0.39 is 21.7 Å². The number of carbonyl (C=O) groups is 1. The van der Waals surface area contributed by atoms with Crippen molar-refractivity contribution in [1.29, 1.82) is 5.26 Å². The lowest BCUT2D eigenvalue weighted by Gasteiger charge is -1.92. The lowest BCUT2D eigenvalue weighted by atomic mass is 10.4.